The third-order valence-electron chi connectivity index (χ3n) is 4.48. The summed E-state index contributed by atoms with van der Waals surface area (Å²) in [4.78, 5) is 47.9. The number of amides is 2. The van der Waals surface area contributed by atoms with Gasteiger partial charge in [-0.3, -0.25) is 14.9 Å². The maximum Gasteiger partial charge on any atom is 0.349 e. The van der Waals surface area contributed by atoms with Gasteiger partial charge in [-0.2, -0.15) is 0 Å². The van der Waals surface area contributed by atoms with E-state index in [1.807, 2.05) is 12.2 Å². The lowest BCUT2D eigenvalue weighted by atomic mass is 10.1. The van der Waals surface area contributed by atoms with Gasteiger partial charge < -0.3 is 19.4 Å². The Hall–Kier alpha value is -4.14. The van der Waals surface area contributed by atoms with Crippen molar-refractivity contribution in [1.29, 1.82) is 0 Å². The molecule has 2 aromatic carbocycles. The summed E-state index contributed by atoms with van der Waals surface area (Å²) in [7, 11) is 1.49. The van der Waals surface area contributed by atoms with Crippen LogP contribution in [0.1, 0.15) is 43.6 Å². The molecule has 3 rings (SSSR count). The molecular weight excluding hydrogens is 394 g/mol. The van der Waals surface area contributed by atoms with Gasteiger partial charge >= 0.3 is 11.6 Å². The first-order chi connectivity index (χ1) is 14.2. The van der Waals surface area contributed by atoms with Crippen molar-refractivity contribution in [1.82, 2.24) is 5.32 Å². The van der Waals surface area contributed by atoms with Crippen LogP contribution in [0.5, 0.6) is 11.5 Å². The number of rotatable bonds is 5. The largest absolute Gasteiger partial charge is 0.507 e. The number of carbonyl (C=O) groups excluding carboxylic acids is 2. The number of carbonyl (C=O) groups is 3. The van der Waals surface area contributed by atoms with Crippen LogP contribution < -0.4 is 15.7 Å². The van der Waals surface area contributed by atoms with Crippen molar-refractivity contribution < 1.29 is 33.8 Å². The van der Waals surface area contributed by atoms with Crippen LogP contribution in [0.2, 0.25) is 0 Å². The summed E-state index contributed by atoms with van der Waals surface area (Å²) in [6, 6.07) is 7.66. The molecule has 30 heavy (non-hydrogen) atoms. The summed E-state index contributed by atoms with van der Waals surface area (Å²) in [5.74, 6) is -3.37. The van der Waals surface area contributed by atoms with E-state index in [-0.39, 0.29) is 16.7 Å². The molecule has 1 aromatic heterocycles. The Balaban J connectivity index is 1.92. The van der Waals surface area contributed by atoms with E-state index in [9.17, 15) is 24.3 Å². The lowest BCUT2D eigenvalue weighted by molar-refractivity contribution is 0.0691. The molecular formula is C21H17NO8. The highest BCUT2D eigenvalue weighted by Crippen LogP contribution is 2.26. The van der Waals surface area contributed by atoms with Crippen LogP contribution in [0, 0.1) is 0 Å². The van der Waals surface area contributed by atoms with Gasteiger partial charge in [0.05, 0.1) is 7.11 Å². The minimum Gasteiger partial charge on any atom is -0.507 e. The van der Waals surface area contributed by atoms with Gasteiger partial charge in [0.2, 0.25) is 0 Å². The van der Waals surface area contributed by atoms with Crippen molar-refractivity contribution in [2.75, 3.05) is 7.11 Å². The van der Waals surface area contributed by atoms with Gasteiger partial charge in [0.25, 0.3) is 11.8 Å². The van der Waals surface area contributed by atoms with Gasteiger partial charge in [0.1, 0.15) is 28.2 Å². The summed E-state index contributed by atoms with van der Waals surface area (Å²) >= 11 is 0. The number of aromatic hydroxyl groups is 1. The highest BCUT2D eigenvalue weighted by atomic mass is 16.5. The number of phenols is 1. The molecule has 154 valence electrons. The number of benzene rings is 2. The summed E-state index contributed by atoms with van der Waals surface area (Å²) in [5, 5.41) is 21.1. The molecule has 0 saturated heterocycles. The van der Waals surface area contributed by atoms with E-state index >= 15 is 0 Å². The second-order valence-electron chi connectivity index (χ2n) is 6.32. The first kappa shape index (κ1) is 20.6. The first-order valence-electron chi connectivity index (χ1n) is 8.82. The molecule has 0 aliphatic heterocycles. The molecule has 3 aromatic rings. The fourth-order valence-corrected chi connectivity index (χ4v) is 2.92. The highest BCUT2D eigenvalue weighted by Gasteiger charge is 2.20. The Morgan fingerprint density at radius 3 is 2.40 bits per heavy atom. The molecule has 0 aliphatic carbocycles. The van der Waals surface area contributed by atoms with Crippen LogP contribution >= 0.6 is 0 Å². The van der Waals surface area contributed by atoms with E-state index in [2.05, 4.69) is 0 Å². The predicted molar refractivity (Wildman–Crippen MR) is 105 cm³/mol. The van der Waals surface area contributed by atoms with Crippen LogP contribution in [-0.4, -0.2) is 35.1 Å². The smallest absolute Gasteiger partial charge is 0.349 e. The fourth-order valence-electron chi connectivity index (χ4n) is 2.92. The molecule has 0 saturated carbocycles. The van der Waals surface area contributed by atoms with Crippen LogP contribution in [0.3, 0.4) is 0 Å². The second-order valence-corrected chi connectivity index (χ2v) is 6.32. The zero-order valence-corrected chi connectivity index (χ0v) is 16.0. The molecule has 0 unspecified atom stereocenters. The third-order valence-corrected chi connectivity index (χ3v) is 4.48. The molecule has 0 atom stereocenters. The quantitative estimate of drug-likeness (QED) is 0.429. The van der Waals surface area contributed by atoms with Gasteiger partial charge in [0.15, 0.2) is 0 Å². The fraction of sp³-hybridized carbons (Fsp3) is 0.143. The Morgan fingerprint density at radius 1 is 1.07 bits per heavy atom. The third kappa shape index (κ3) is 3.86. The minimum atomic E-state index is -1.37. The number of methoxy groups -OCH3 is 1. The van der Waals surface area contributed by atoms with Crippen LogP contribution in [0.15, 0.2) is 45.6 Å². The molecule has 2 amide bonds. The summed E-state index contributed by atoms with van der Waals surface area (Å²) < 4.78 is 10.4. The Morgan fingerprint density at radius 2 is 1.80 bits per heavy atom. The second kappa shape index (κ2) is 8.08. The molecule has 0 aliphatic rings. The number of imide groups is 1. The van der Waals surface area contributed by atoms with Crippen molar-refractivity contribution in [2.24, 2.45) is 0 Å². The normalized spacial score (nSPS) is 10.6. The molecule has 0 spiro atoms. The molecule has 1 heterocycles. The van der Waals surface area contributed by atoms with Gasteiger partial charge in [-0.1, -0.05) is 6.92 Å². The number of hydrogen-bond donors (Lipinski definition) is 3. The van der Waals surface area contributed by atoms with Crippen molar-refractivity contribution in [3.05, 3.63) is 69.1 Å². The number of carboxylic acids is 1. The van der Waals surface area contributed by atoms with E-state index < -0.39 is 34.7 Å². The lowest BCUT2D eigenvalue weighted by Gasteiger charge is -2.09. The van der Waals surface area contributed by atoms with Crippen LogP contribution in [0.4, 0.5) is 0 Å². The number of hydrogen-bond acceptors (Lipinski definition) is 7. The van der Waals surface area contributed by atoms with Gasteiger partial charge in [-0.05, 0) is 42.3 Å². The molecule has 0 bridgehead atoms. The Kier molecular flexibility index (Phi) is 5.54. The predicted octanol–water partition coefficient (Wildman–Crippen LogP) is 2.34. The minimum absolute atomic E-state index is 0.158. The standard InChI is InChI=1S/C21H17NO8/c1-3-10-6-12-7-14(21(28)30-17(12)9-16(10)29-2)19(25)22-18(24)11-4-5-13(20(26)27)15(23)8-11/h4-9,23H,3H2,1-2H3,(H,26,27)(H,22,24,25). The van der Waals surface area contributed by atoms with Crippen LogP contribution in [0.25, 0.3) is 11.0 Å². The van der Waals surface area contributed by atoms with E-state index in [0.717, 1.165) is 23.8 Å². The maximum atomic E-state index is 12.5. The maximum absolute atomic E-state index is 12.5. The summed E-state index contributed by atoms with van der Waals surface area (Å²) in [6.07, 6.45) is 0.647. The number of carboxylic acid groups (broad SMARTS) is 1. The average molecular weight is 411 g/mol. The van der Waals surface area contributed by atoms with E-state index in [1.54, 1.807) is 12.1 Å². The highest BCUT2D eigenvalue weighted by molar-refractivity contribution is 6.11. The summed E-state index contributed by atoms with van der Waals surface area (Å²) in [6.45, 7) is 1.92. The summed E-state index contributed by atoms with van der Waals surface area (Å²) in [5.41, 5.74) is -0.803. The molecule has 9 nitrogen and oxygen atoms in total. The number of aryl methyl sites for hydroxylation is 1. The van der Waals surface area contributed by atoms with Crippen molar-refractivity contribution in [2.45, 2.75) is 13.3 Å². The molecule has 3 N–H and O–H groups in total. The number of ether oxygens (including phenoxy) is 1. The van der Waals surface area contributed by atoms with Crippen LogP contribution in [-0.2, 0) is 6.42 Å². The lowest BCUT2D eigenvalue weighted by Crippen LogP contribution is -2.33. The average Bonchev–Trinajstić information content (AvgIpc) is 2.71. The van der Waals surface area contributed by atoms with Gasteiger partial charge in [-0.15, -0.1) is 0 Å². The zero-order chi connectivity index (χ0) is 22.0. The Labute approximate surface area is 169 Å². The van der Waals surface area contributed by atoms with Crippen molar-refractivity contribution >= 4 is 28.8 Å². The first-order valence-corrected chi connectivity index (χ1v) is 8.82. The van der Waals surface area contributed by atoms with Crippen molar-refractivity contribution in [3.8, 4) is 11.5 Å². The number of fused-ring (bicyclic) bond motifs is 1. The number of nitrogens with one attached hydrogen (secondary N) is 1. The topological polar surface area (TPSA) is 143 Å². The van der Waals surface area contributed by atoms with Crippen molar-refractivity contribution in [3.63, 3.8) is 0 Å². The van der Waals surface area contributed by atoms with Gasteiger partial charge in [0, 0.05) is 17.0 Å². The molecule has 9 heteroatoms. The Bertz CT molecular complexity index is 1240. The molecule has 0 radical (unpaired) electrons. The number of aromatic carboxylic acids is 1. The van der Waals surface area contributed by atoms with E-state index in [0.29, 0.717) is 17.6 Å². The van der Waals surface area contributed by atoms with Gasteiger partial charge in [-0.25, -0.2) is 9.59 Å². The van der Waals surface area contributed by atoms with E-state index in [1.165, 1.54) is 13.2 Å². The monoisotopic (exact) mass is 411 g/mol. The SMILES string of the molecule is CCc1cc2cc(C(=O)NC(=O)c3ccc(C(=O)O)c(O)c3)c(=O)oc2cc1OC. The zero-order valence-electron chi connectivity index (χ0n) is 16.0. The van der Waals surface area contributed by atoms with E-state index in [4.69, 9.17) is 14.3 Å². The molecule has 0 fully saturated rings.